The molecule has 0 radical (unpaired) electrons. The quantitative estimate of drug-likeness (QED) is 0.672. The molecule has 26 heavy (non-hydrogen) atoms. The number of aromatic nitrogens is 1. The van der Waals surface area contributed by atoms with Crippen LogP contribution in [0.3, 0.4) is 0 Å². The molecule has 0 bridgehead atoms. The van der Waals surface area contributed by atoms with Gasteiger partial charge in [-0.1, -0.05) is 54.1 Å². The number of rotatable bonds is 5. The summed E-state index contributed by atoms with van der Waals surface area (Å²) in [5.74, 6) is 1.62. The molecule has 3 aromatic rings. The normalized spacial score (nSPS) is 16.0. The summed E-state index contributed by atoms with van der Waals surface area (Å²) in [6.45, 7) is 5.89. The molecule has 0 aliphatic carbocycles. The molecule has 2 aromatic carbocycles. The molecule has 1 aromatic heterocycles. The monoisotopic (exact) mass is 367 g/mol. The molecule has 0 saturated carbocycles. The lowest BCUT2D eigenvalue weighted by molar-refractivity contribution is 0.114. The molecule has 4 nitrogen and oxygen atoms in total. The second kappa shape index (κ2) is 8.04. The molecule has 0 unspecified atom stereocenters. The van der Waals surface area contributed by atoms with Gasteiger partial charge in [-0.25, -0.2) is 4.98 Å². The predicted molar refractivity (Wildman–Crippen MR) is 104 cm³/mol. The lowest BCUT2D eigenvalue weighted by atomic mass is 10.2. The van der Waals surface area contributed by atoms with Crippen molar-refractivity contribution in [3.8, 4) is 11.3 Å². The number of benzene rings is 2. The predicted octanol–water partition coefficient (Wildman–Crippen LogP) is 4.31. The third-order valence-corrected chi connectivity index (χ3v) is 5.01. The Bertz CT molecular complexity index is 824. The average Bonchev–Trinajstić information content (AvgIpc) is 3.14. The topological polar surface area (TPSA) is 32.5 Å². The van der Waals surface area contributed by atoms with E-state index in [1.165, 1.54) is 5.56 Å². The summed E-state index contributed by atoms with van der Waals surface area (Å²) in [6, 6.07) is 18.2. The zero-order valence-electron chi connectivity index (χ0n) is 14.6. The zero-order valence-corrected chi connectivity index (χ0v) is 15.4. The molecule has 2 heterocycles. The standard InChI is InChI=1S/C21H22ClN3O/c22-19-8-6-17(7-9-19)15-24-10-12-25(13-11-24)16-21-23-14-20(26-21)18-4-2-1-3-5-18/h1-9,14H,10-13,15-16H2. The first kappa shape index (κ1) is 17.3. The Kier molecular flexibility index (Phi) is 5.34. The van der Waals surface area contributed by atoms with Crippen LogP contribution in [0.15, 0.2) is 65.2 Å². The van der Waals surface area contributed by atoms with Crippen molar-refractivity contribution >= 4 is 11.6 Å². The molecular weight excluding hydrogens is 346 g/mol. The van der Waals surface area contributed by atoms with Gasteiger partial charge in [-0.3, -0.25) is 9.80 Å². The van der Waals surface area contributed by atoms with E-state index in [9.17, 15) is 0 Å². The lowest BCUT2D eigenvalue weighted by Crippen LogP contribution is -2.45. The van der Waals surface area contributed by atoms with Crippen LogP contribution in [-0.2, 0) is 13.1 Å². The molecular formula is C21H22ClN3O. The van der Waals surface area contributed by atoms with Gasteiger partial charge in [0.2, 0.25) is 5.89 Å². The fraction of sp³-hybridized carbons (Fsp3) is 0.286. The first-order valence-corrected chi connectivity index (χ1v) is 9.33. The van der Waals surface area contributed by atoms with E-state index in [-0.39, 0.29) is 0 Å². The molecule has 5 heteroatoms. The van der Waals surface area contributed by atoms with Crippen molar-refractivity contribution in [1.29, 1.82) is 0 Å². The summed E-state index contributed by atoms with van der Waals surface area (Å²) < 4.78 is 5.93. The molecule has 0 spiro atoms. The molecule has 134 valence electrons. The van der Waals surface area contributed by atoms with E-state index < -0.39 is 0 Å². The number of nitrogens with zero attached hydrogens (tertiary/aromatic N) is 3. The largest absolute Gasteiger partial charge is 0.439 e. The smallest absolute Gasteiger partial charge is 0.209 e. The number of hydrogen-bond donors (Lipinski definition) is 0. The van der Waals surface area contributed by atoms with Gasteiger partial charge < -0.3 is 4.42 Å². The van der Waals surface area contributed by atoms with Gasteiger partial charge in [0.15, 0.2) is 5.76 Å². The van der Waals surface area contributed by atoms with Crippen LogP contribution in [0.25, 0.3) is 11.3 Å². The summed E-state index contributed by atoms with van der Waals surface area (Å²) in [6.07, 6.45) is 1.82. The maximum Gasteiger partial charge on any atom is 0.209 e. The molecule has 0 atom stereocenters. The van der Waals surface area contributed by atoms with Crippen molar-refractivity contribution in [3.63, 3.8) is 0 Å². The van der Waals surface area contributed by atoms with E-state index >= 15 is 0 Å². The van der Waals surface area contributed by atoms with Crippen LogP contribution in [0.4, 0.5) is 0 Å². The number of hydrogen-bond acceptors (Lipinski definition) is 4. The van der Waals surface area contributed by atoms with E-state index in [2.05, 4.69) is 26.9 Å². The minimum atomic E-state index is 0.765. The van der Waals surface area contributed by atoms with Crippen molar-refractivity contribution in [3.05, 3.63) is 77.3 Å². The summed E-state index contributed by atoms with van der Waals surface area (Å²) >= 11 is 5.96. The van der Waals surface area contributed by atoms with Gasteiger partial charge in [-0.05, 0) is 17.7 Å². The fourth-order valence-electron chi connectivity index (χ4n) is 3.26. The minimum Gasteiger partial charge on any atom is -0.439 e. The number of piperazine rings is 1. The molecule has 1 fully saturated rings. The molecule has 0 amide bonds. The van der Waals surface area contributed by atoms with E-state index in [1.54, 1.807) is 0 Å². The van der Waals surface area contributed by atoms with Gasteiger partial charge in [0.1, 0.15) is 0 Å². The van der Waals surface area contributed by atoms with Crippen molar-refractivity contribution in [1.82, 2.24) is 14.8 Å². The number of oxazole rings is 1. The van der Waals surface area contributed by atoms with Gasteiger partial charge in [0.05, 0.1) is 12.7 Å². The van der Waals surface area contributed by atoms with Crippen molar-refractivity contribution in [2.45, 2.75) is 13.1 Å². The van der Waals surface area contributed by atoms with Crippen LogP contribution in [0, 0.1) is 0 Å². The van der Waals surface area contributed by atoms with E-state index in [4.69, 9.17) is 16.0 Å². The summed E-state index contributed by atoms with van der Waals surface area (Å²) in [5, 5.41) is 0.791. The van der Waals surface area contributed by atoms with Crippen LogP contribution >= 0.6 is 11.6 Å². The highest BCUT2D eigenvalue weighted by molar-refractivity contribution is 6.30. The summed E-state index contributed by atoms with van der Waals surface area (Å²) in [7, 11) is 0. The van der Waals surface area contributed by atoms with Crippen LogP contribution < -0.4 is 0 Å². The Morgan fingerprint density at radius 3 is 2.19 bits per heavy atom. The van der Waals surface area contributed by atoms with Gasteiger partial charge >= 0.3 is 0 Å². The minimum absolute atomic E-state index is 0.765. The zero-order chi connectivity index (χ0) is 17.8. The molecule has 1 aliphatic rings. The van der Waals surface area contributed by atoms with Crippen LogP contribution in [0.2, 0.25) is 5.02 Å². The van der Waals surface area contributed by atoms with Gasteiger partial charge in [-0.2, -0.15) is 0 Å². The Morgan fingerprint density at radius 2 is 1.50 bits per heavy atom. The van der Waals surface area contributed by atoms with Gasteiger partial charge in [0.25, 0.3) is 0 Å². The van der Waals surface area contributed by atoms with Gasteiger partial charge in [0, 0.05) is 43.3 Å². The highest BCUT2D eigenvalue weighted by Gasteiger charge is 2.19. The van der Waals surface area contributed by atoms with Crippen LogP contribution in [0.1, 0.15) is 11.5 Å². The Morgan fingerprint density at radius 1 is 0.846 bits per heavy atom. The second-order valence-corrected chi connectivity index (χ2v) is 7.10. The summed E-state index contributed by atoms with van der Waals surface area (Å²) in [5.41, 5.74) is 2.38. The molecule has 1 saturated heterocycles. The SMILES string of the molecule is Clc1ccc(CN2CCN(Cc3ncc(-c4ccccc4)o3)CC2)cc1. The third kappa shape index (κ3) is 4.33. The maximum atomic E-state index is 5.96. The summed E-state index contributed by atoms with van der Waals surface area (Å²) in [4.78, 5) is 9.33. The first-order valence-electron chi connectivity index (χ1n) is 8.95. The van der Waals surface area contributed by atoms with E-state index in [1.807, 2.05) is 48.7 Å². The Hall–Kier alpha value is -2.14. The van der Waals surface area contributed by atoms with Crippen molar-refractivity contribution in [2.24, 2.45) is 0 Å². The van der Waals surface area contributed by atoms with E-state index in [0.29, 0.717) is 0 Å². The molecule has 4 rings (SSSR count). The Balaban J connectivity index is 1.29. The Labute approximate surface area is 159 Å². The van der Waals surface area contributed by atoms with Crippen molar-refractivity contribution in [2.75, 3.05) is 26.2 Å². The maximum absolute atomic E-state index is 5.96. The highest BCUT2D eigenvalue weighted by Crippen LogP contribution is 2.21. The van der Waals surface area contributed by atoms with Crippen LogP contribution in [-0.4, -0.2) is 41.0 Å². The molecule has 0 N–H and O–H groups in total. The second-order valence-electron chi connectivity index (χ2n) is 6.66. The van der Waals surface area contributed by atoms with Crippen LogP contribution in [0.5, 0.6) is 0 Å². The first-order chi connectivity index (χ1) is 12.8. The van der Waals surface area contributed by atoms with Crippen molar-refractivity contribution < 1.29 is 4.42 Å². The van der Waals surface area contributed by atoms with E-state index in [0.717, 1.165) is 61.5 Å². The fourth-order valence-corrected chi connectivity index (χ4v) is 3.39. The van der Waals surface area contributed by atoms with Gasteiger partial charge in [-0.15, -0.1) is 0 Å². The molecule has 1 aliphatic heterocycles. The highest BCUT2D eigenvalue weighted by atomic mass is 35.5. The third-order valence-electron chi connectivity index (χ3n) is 4.76. The number of halogens is 1. The lowest BCUT2D eigenvalue weighted by Gasteiger charge is -2.34. The average molecular weight is 368 g/mol.